The first-order valence-corrected chi connectivity index (χ1v) is 6.28. The van der Waals surface area contributed by atoms with Crippen LogP contribution in [0.2, 0.25) is 0 Å². The smallest absolute Gasteiger partial charge is 0.161 e. The Kier molecular flexibility index (Phi) is 5.58. The van der Waals surface area contributed by atoms with Gasteiger partial charge in [-0.25, -0.2) is 0 Å². The number of aryl methyl sites for hydroxylation is 1. The van der Waals surface area contributed by atoms with Crippen molar-refractivity contribution in [2.75, 3.05) is 7.11 Å². The Hall–Kier alpha value is -0.670. The highest BCUT2D eigenvalue weighted by molar-refractivity contribution is 7.07. The van der Waals surface area contributed by atoms with Crippen LogP contribution in [0.15, 0.2) is 16.8 Å². The maximum absolute atomic E-state index is 11.7. The normalized spacial score (nSPS) is 12.7. The first-order valence-electron chi connectivity index (χ1n) is 5.34. The molecule has 0 saturated heterocycles. The minimum atomic E-state index is -0.200. The minimum absolute atomic E-state index is 0.200. The molecule has 1 unspecified atom stereocenters. The van der Waals surface area contributed by atoms with Gasteiger partial charge in [0.05, 0.1) is 0 Å². The van der Waals surface area contributed by atoms with Gasteiger partial charge in [-0.3, -0.25) is 4.79 Å². The van der Waals surface area contributed by atoms with E-state index in [0.717, 1.165) is 19.3 Å². The van der Waals surface area contributed by atoms with Crippen molar-refractivity contribution < 1.29 is 9.53 Å². The number of Topliss-reactive ketones (excluding diaryl/α,β-unsaturated/α-hetero) is 1. The van der Waals surface area contributed by atoms with Crippen LogP contribution in [0.3, 0.4) is 0 Å². The fourth-order valence-corrected chi connectivity index (χ4v) is 2.24. The molecular weight excluding hydrogens is 208 g/mol. The lowest BCUT2D eigenvalue weighted by atomic mass is 10.0. The molecule has 0 spiro atoms. The molecule has 0 aliphatic heterocycles. The molecule has 0 aliphatic carbocycles. The molecule has 0 N–H and O–H groups in total. The van der Waals surface area contributed by atoms with E-state index >= 15 is 0 Å². The third kappa shape index (κ3) is 4.14. The molecule has 3 heteroatoms. The molecule has 15 heavy (non-hydrogen) atoms. The maximum Gasteiger partial charge on any atom is 0.161 e. The fraction of sp³-hybridized carbons (Fsp3) is 0.583. The molecule has 0 radical (unpaired) electrons. The SMILES string of the molecule is CCCC(OC)C(=O)CCc1ccsc1. The van der Waals surface area contributed by atoms with E-state index in [2.05, 4.69) is 18.4 Å². The van der Waals surface area contributed by atoms with Gasteiger partial charge in [-0.05, 0) is 35.2 Å². The minimum Gasteiger partial charge on any atom is -0.374 e. The topological polar surface area (TPSA) is 26.3 Å². The molecule has 0 bridgehead atoms. The molecule has 1 heterocycles. The molecule has 0 aromatic carbocycles. The molecule has 0 saturated carbocycles. The fourth-order valence-electron chi connectivity index (χ4n) is 1.54. The van der Waals surface area contributed by atoms with E-state index in [1.54, 1.807) is 18.4 Å². The lowest BCUT2D eigenvalue weighted by Crippen LogP contribution is -2.23. The molecule has 0 aliphatic rings. The average Bonchev–Trinajstić information content (AvgIpc) is 2.75. The summed E-state index contributed by atoms with van der Waals surface area (Å²) in [4.78, 5) is 11.7. The number of rotatable bonds is 7. The van der Waals surface area contributed by atoms with Gasteiger partial charge in [-0.2, -0.15) is 11.3 Å². The van der Waals surface area contributed by atoms with Crippen molar-refractivity contribution in [1.82, 2.24) is 0 Å². The van der Waals surface area contributed by atoms with Gasteiger partial charge in [-0.15, -0.1) is 0 Å². The average molecular weight is 226 g/mol. The van der Waals surface area contributed by atoms with Crippen molar-refractivity contribution >= 4 is 17.1 Å². The van der Waals surface area contributed by atoms with Crippen molar-refractivity contribution in [3.8, 4) is 0 Å². The summed E-state index contributed by atoms with van der Waals surface area (Å²) in [6.45, 7) is 2.07. The number of thiophene rings is 1. The van der Waals surface area contributed by atoms with E-state index < -0.39 is 0 Å². The third-order valence-corrected chi connectivity index (χ3v) is 3.17. The van der Waals surface area contributed by atoms with E-state index in [-0.39, 0.29) is 11.9 Å². The van der Waals surface area contributed by atoms with E-state index in [1.165, 1.54) is 5.56 Å². The highest BCUT2D eigenvalue weighted by Crippen LogP contribution is 2.11. The highest BCUT2D eigenvalue weighted by Gasteiger charge is 2.15. The molecule has 84 valence electrons. The predicted molar refractivity (Wildman–Crippen MR) is 63.4 cm³/mol. The monoisotopic (exact) mass is 226 g/mol. The summed E-state index contributed by atoms with van der Waals surface area (Å²) >= 11 is 1.67. The second-order valence-corrected chi connectivity index (χ2v) is 4.39. The number of carbonyl (C=O) groups excluding carboxylic acids is 1. The highest BCUT2D eigenvalue weighted by atomic mass is 32.1. The molecule has 2 nitrogen and oxygen atoms in total. The number of hydrogen-bond donors (Lipinski definition) is 0. The van der Waals surface area contributed by atoms with Crippen LogP contribution in [0, 0.1) is 0 Å². The van der Waals surface area contributed by atoms with E-state index in [4.69, 9.17) is 4.74 Å². The van der Waals surface area contributed by atoms with Gasteiger partial charge in [0.2, 0.25) is 0 Å². The van der Waals surface area contributed by atoms with Gasteiger partial charge in [0.1, 0.15) is 6.10 Å². The van der Waals surface area contributed by atoms with Gasteiger partial charge in [0.25, 0.3) is 0 Å². The molecule has 1 atom stereocenters. The van der Waals surface area contributed by atoms with Crippen LogP contribution in [0.5, 0.6) is 0 Å². The second kappa shape index (κ2) is 6.75. The van der Waals surface area contributed by atoms with Crippen LogP contribution in [-0.4, -0.2) is 19.0 Å². The van der Waals surface area contributed by atoms with Crippen LogP contribution in [0.1, 0.15) is 31.7 Å². The third-order valence-electron chi connectivity index (χ3n) is 2.43. The van der Waals surface area contributed by atoms with Gasteiger partial charge >= 0.3 is 0 Å². The maximum atomic E-state index is 11.7. The molecule has 1 aromatic rings. The predicted octanol–water partition coefficient (Wildman–Crippen LogP) is 3.06. The van der Waals surface area contributed by atoms with Crippen molar-refractivity contribution in [2.24, 2.45) is 0 Å². The van der Waals surface area contributed by atoms with Crippen molar-refractivity contribution in [2.45, 2.75) is 38.7 Å². The Balaban J connectivity index is 2.34. The first-order chi connectivity index (χ1) is 7.27. The lowest BCUT2D eigenvalue weighted by molar-refractivity contribution is -0.129. The lowest BCUT2D eigenvalue weighted by Gasteiger charge is -2.12. The summed E-state index contributed by atoms with van der Waals surface area (Å²) in [5.74, 6) is 0.227. The number of methoxy groups -OCH3 is 1. The zero-order chi connectivity index (χ0) is 11.1. The number of carbonyl (C=O) groups is 1. The summed E-state index contributed by atoms with van der Waals surface area (Å²) < 4.78 is 5.18. The van der Waals surface area contributed by atoms with Crippen LogP contribution < -0.4 is 0 Å². The van der Waals surface area contributed by atoms with E-state index in [0.29, 0.717) is 6.42 Å². The Bertz CT molecular complexity index is 280. The van der Waals surface area contributed by atoms with Crippen LogP contribution in [0.25, 0.3) is 0 Å². The second-order valence-electron chi connectivity index (χ2n) is 3.61. The van der Waals surface area contributed by atoms with Crippen LogP contribution >= 0.6 is 11.3 Å². The number of ketones is 1. The summed E-state index contributed by atoms with van der Waals surface area (Å²) in [5, 5.41) is 4.13. The zero-order valence-corrected chi connectivity index (χ0v) is 10.2. The van der Waals surface area contributed by atoms with Gasteiger partial charge in [0.15, 0.2) is 5.78 Å². The summed E-state index contributed by atoms with van der Waals surface area (Å²) in [7, 11) is 1.61. The summed E-state index contributed by atoms with van der Waals surface area (Å²) in [5.41, 5.74) is 1.25. The number of ether oxygens (including phenoxy) is 1. The Labute approximate surface area is 95.3 Å². The van der Waals surface area contributed by atoms with Crippen molar-refractivity contribution in [3.05, 3.63) is 22.4 Å². The van der Waals surface area contributed by atoms with Crippen molar-refractivity contribution in [1.29, 1.82) is 0 Å². The molecule has 1 rings (SSSR count). The first kappa shape index (κ1) is 12.4. The Morgan fingerprint density at radius 1 is 1.60 bits per heavy atom. The summed E-state index contributed by atoms with van der Waals surface area (Å²) in [6, 6.07) is 2.07. The molecular formula is C12H18O2S. The Morgan fingerprint density at radius 2 is 2.40 bits per heavy atom. The van der Waals surface area contributed by atoms with Crippen LogP contribution in [0.4, 0.5) is 0 Å². The van der Waals surface area contributed by atoms with E-state index in [1.807, 2.05) is 5.38 Å². The van der Waals surface area contributed by atoms with Crippen molar-refractivity contribution in [3.63, 3.8) is 0 Å². The summed E-state index contributed by atoms with van der Waals surface area (Å²) in [6.07, 6.45) is 3.05. The molecule has 0 fully saturated rings. The standard InChI is InChI=1S/C12H18O2S/c1-3-4-12(14-2)11(13)6-5-10-7-8-15-9-10/h7-9,12H,3-6H2,1-2H3. The number of hydrogen-bond acceptors (Lipinski definition) is 3. The van der Waals surface area contributed by atoms with Crippen LogP contribution in [-0.2, 0) is 16.0 Å². The molecule has 0 amide bonds. The molecule has 1 aromatic heterocycles. The van der Waals surface area contributed by atoms with E-state index in [9.17, 15) is 4.79 Å². The van der Waals surface area contributed by atoms with Gasteiger partial charge in [0, 0.05) is 13.5 Å². The van der Waals surface area contributed by atoms with Gasteiger partial charge in [-0.1, -0.05) is 13.3 Å². The Morgan fingerprint density at radius 3 is 2.93 bits per heavy atom. The van der Waals surface area contributed by atoms with Gasteiger partial charge < -0.3 is 4.74 Å². The largest absolute Gasteiger partial charge is 0.374 e. The quantitative estimate of drug-likeness (QED) is 0.714. The zero-order valence-electron chi connectivity index (χ0n) is 9.36.